The first kappa shape index (κ1) is 12.7. The molecule has 8 atom stereocenters. The second-order valence-electron chi connectivity index (χ2n) is 5.33. The predicted octanol–water partition coefficient (Wildman–Crippen LogP) is -2.84. The monoisotopic (exact) mass is 261 g/mol. The molecule has 104 valence electrons. The van der Waals surface area contributed by atoms with Crippen LogP contribution >= 0.6 is 0 Å². The van der Waals surface area contributed by atoms with Gasteiger partial charge in [-0.25, -0.2) is 0 Å². The summed E-state index contributed by atoms with van der Waals surface area (Å²) in [5, 5.41) is 42.5. The lowest BCUT2D eigenvalue weighted by Gasteiger charge is -2.37. The minimum absolute atomic E-state index is 0.110. The molecule has 0 saturated carbocycles. The highest BCUT2D eigenvalue weighted by molar-refractivity contribution is 5.00. The maximum Gasteiger partial charge on any atom is 0.184 e. The summed E-state index contributed by atoms with van der Waals surface area (Å²) in [7, 11) is 0. The molecular weight excluding hydrogens is 242 g/mol. The average molecular weight is 261 g/mol. The minimum atomic E-state index is -1.02. The minimum Gasteiger partial charge on any atom is -0.391 e. The molecule has 0 amide bonds. The van der Waals surface area contributed by atoms with Gasteiger partial charge in [-0.3, -0.25) is 0 Å². The topological polar surface area (TPSA) is 111 Å². The molecule has 0 aromatic rings. The Bertz CT molecular complexity index is 316. The molecule has 0 aliphatic carbocycles. The van der Waals surface area contributed by atoms with E-state index in [1.165, 1.54) is 0 Å². The third-order valence-corrected chi connectivity index (χ3v) is 4.16. The number of nitrogens with one attached hydrogen (secondary N) is 1. The van der Waals surface area contributed by atoms with Crippen molar-refractivity contribution < 1.29 is 29.9 Å². The highest BCUT2D eigenvalue weighted by atomic mass is 16.7. The van der Waals surface area contributed by atoms with E-state index in [4.69, 9.17) is 9.47 Å². The Kier molecular flexibility index (Phi) is 3.31. The lowest BCUT2D eigenvalue weighted by atomic mass is 9.83. The highest BCUT2D eigenvalue weighted by Crippen LogP contribution is 2.35. The van der Waals surface area contributed by atoms with Crippen molar-refractivity contribution in [3.8, 4) is 0 Å². The van der Waals surface area contributed by atoms with Crippen LogP contribution in [0.3, 0.4) is 0 Å². The Labute approximate surface area is 104 Å². The number of hydrogen-bond donors (Lipinski definition) is 5. The lowest BCUT2D eigenvalue weighted by Crippen LogP contribution is -2.54. The van der Waals surface area contributed by atoms with Crippen LogP contribution in [0.15, 0.2) is 0 Å². The fourth-order valence-electron chi connectivity index (χ4n) is 3.09. The fourth-order valence-corrected chi connectivity index (χ4v) is 3.09. The van der Waals surface area contributed by atoms with Gasteiger partial charge in [-0.15, -0.1) is 0 Å². The Morgan fingerprint density at radius 2 is 1.94 bits per heavy atom. The Morgan fingerprint density at radius 1 is 1.17 bits per heavy atom. The molecule has 0 unspecified atom stereocenters. The van der Waals surface area contributed by atoms with E-state index in [0.717, 1.165) is 0 Å². The van der Waals surface area contributed by atoms with Crippen molar-refractivity contribution >= 4 is 0 Å². The second-order valence-corrected chi connectivity index (χ2v) is 5.33. The molecule has 0 spiro atoms. The third kappa shape index (κ3) is 1.96. The van der Waals surface area contributed by atoms with Gasteiger partial charge >= 0.3 is 0 Å². The quantitative estimate of drug-likeness (QED) is 0.364. The zero-order chi connectivity index (χ0) is 12.9. The molecule has 3 fully saturated rings. The summed E-state index contributed by atoms with van der Waals surface area (Å²) in [5.41, 5.74) is 0. The molecule has 7 heteroatoms. The van der Waals surface area contributed by atoms with E-state index in [1.54, 1.807) is 0 Å². The molecular formula is C11H19NO6. The molecule has 0 aromatic heterocycles. The van der Waals surface area contributed by atoms with Crippen LogP contribution in [0.25, 0.3) is 0 Å². The molecule has 3 rings (SSSR count). The summed E-state index contributed by atoms with van der Waals surface area (Å²) < 4.78 is 10.6. The van der Waals surface area contributed by atoms with E-state index in [0.29, 0.717) is 13.0 Å². The van der Waals surface area contributed by atoms with E-state index in [2.05, 4.69) is 5.32 Å². The summed E-state index contributed by atoms with van der Waals surface area (Å²) >= 11 is 0. The van der Waals surface area contributed by atoms with Gasteiger partial charge in [0.05, 0.1) is 37.1 Å². The van der Waals surface area contributed by atoms with E-state index >= 15 is 0 Å². The first-order valence-electron chi connectivity index (χ1n) is 6.30. The zero-order valence-corrected chi connectivity index (χ0v) is 9.85. The van der Waals surface area contributed by atoms with Crippen molar-refractivity contribution in [2.75, 3.05) is 13.2 Å². The molecule has 5 N–H and O–H groups in total. The number of hydrogen-bond acceptors (Lipinski definition) is 7. The largest absolute Gasteiger partial charge is 0.391 e. The van der Waals surface area contributed by atoms with Crippen LogP contribution in [0.2, 0.25) is 0 Å². The molecule has 3 aliphatic rings. The van der Waals surface area contributed by atoms with Crippen LogP contribution in [0, 0.1) is 5.92 Å². The van der Waals surface area contributed by atoms with Crippen LogP contribution < -0.4 is 5.32 Å². The Hall–Kier alpha value is -0.280. The van der Waals surface area contributed by atoms with E-state index < -0.39 is 42.7 Å². The van der Waals surface area contributed by atoms with Crippen LogP contribution in [0.5, 0.6) is 0 Å². The van der Waals surface area contributed by atoms with Crippen molar-refractivity contribution in [1.29, 1.82) is 0 Å². The fraction of sp³-hybridized carbons (Fsp3) is 1.00. The molecule has 3 aliphatic heterocycles. The van der Waals surface area contributed by atoms with E-state index in [1.807, 2.05) is 0 Å². The number of β-amino-alcohol motifs (C(OH)–C–C–N with tert-alkyl or cyclic N) is 1. The third-order valence-electron chi connectivity index (χ3n) is 4.16. The van der Waals surface area contributed by atoms with Gasteiger partial charge in [0.1, 0.15) is 6.10 Å². The second kappa shape index (κ2) is 4.68. The molecule has 0 radical (unpaired) electrons. The van der Waals surface area contributed by atoms with Crippen molar-refractivity contribution in [2.24, 2.45) is 5.92 Å². The van der Waals surface area contributed by atoms with Gasteiger partial charge < -0.3 is 35.2 Å². The summed E-state index contributed by atoms with van der Waals surface area (Å²) in [6, 6.07) is -0.628. The molecule has 7 nitrogen and oxygen atoms in total. The summed E-state index contributed by atoms with van der Waals surface area (Å²) in [4.78, 5) is 0. The number of ether oxygens (including phenoxy) is 2. The smallest absolute Gasteiger partial charge is 0.184 e. The maximum atomic E-state index is 10.3. The van der Waals surface area contributed by atoms with Crippen molar-refractivity contribution in [3.63, 3.8) is 0 Å². The molecule has 2 bridgehead atoms. The van der Waals surface area contributed by atoms with Gasteiger partial charge in [0.2, 0.25) is 0 Å². The zero-order valence-electron chi connectivity index (χ0n) is 9.85. The van der Waals surface area contributed by atoms with Crippen LogP contribution in [-0.4, -0.2) is 76.4 Å². The summed E-state index contributed by atoms with van der Waals surface area (Å²) in [6.07, 6.45) is -4.07. The van der Waals surface area contributed by atoms with Gasteiger partial charge in [-0.2, -0.15) is 0 Å². The average Bonchev–Trinajstić information content (AvgIpc) is 2.90. The van der Waals surface area contributed by atoms with Crippen LogP contribution in [0.4, 0.5) is 0 Å². The van der Waals surface area contributed by atoms with Gasteiger partial charge in [-0.1, -0.05) is 0 Å². The number of fused-ring (bicyclic) bond motifs is 2. The molecule has 3 heterocycles. The summed E-state index contributed by atoms with van der Waals surface area (Å²) in [5.74, 6) is -0.423. The number of aliphatic hydroxyl groups is 4. The Morgan fingerprint density at radius 3 is 2.61 bits per heavy atom. The molecule has 3 saturated heterocycles. The van der Waals surface area contributed by atoms with Crippen molar-refractivity contribution in [1.82, 2.24) is 5.32 Å². The van der Waals surface area contributed by atoms with E-state index in [-0.39, 0.29) is 12.6 Å². The van der Waals surface area contributed by atoms with Crippen molar-refractivity contribution in [3.05, 3.63) is 0 Å². The highest BCUT2D eigenvalue weighted by Gasteiger charge is 2.50. The van der Waals surface area contributed by atoms with Crippen molar-refractivity contribution in [2.45, 2.75) is 49.3 Å². The molecule has 0 aromatic carbocycles. The van der Waals surface area contributed by atoms with Crippen LogP contribution in [-0.2, 0) is 9.47 Å². The van der Waals surface area contributed by atoms with Crippen LogP contribution in [0.1, 0.15) is 6.42 Å². The first-order valence-corrected chi connectivity index (χ1v) is 6.30. The summed E-state index contributed by atoms with van der Waals surface area (Å²) in [6.45, 7) is 0.666. The standard InChI is InChI=1S/C11H19NO6/c13-6-2-12-7(10(6)16)8(14)5-1-4-3-17-11(18-4)9(5)15/h4-16H,1-3H2/t4-,5+,6-,7+,8-,9-,10-,11+/m0/s1. The Balaban J connectivity index is 1.70. The normalized spacial score (nSPS) is 53.7. The molecule has 18 heavy (non-hydrogen) atoms. The first-order chi connectivity index (χ1) is 8.58. The van der Waals surface area contributed by atoms with Gasteiger partial charge in [-0.05, 0) is 6.42 Å². The predicted molar refractivity (Wildman–Crippen MR) is 58.5 cm³/mol. The lowest BCUT2D eigenvalue weighted by molar-refractivity contribution is -0.195. The number of aliphatic hydroxyl groups excluding tert-OH is 4. The van der Waals surface area contributed by atoms with Gasteiger partial charge in [0.25, 0.3) is 0 Å². The van der Waals surface area contributed by atoms with Gasteiger partial charge in [0.15, 0.2) is 6.29 Å². The van der Waals surface area contributed by atoms with Gasteiger partial charge in [0, 0.05) is 12.5 Å². The number of rotatable bonds is 2. The maximum absolute atomic E-state index is 10.3. The SMILES string of the molecule is O[C@@H]1[C@@H]2OC[C@H](C[C@@H]1[C@H](O)[C@H]1NC[C@H](O)[C@@H]1O)O2. The van der Waals surface area contributed by atoms with E-state index in [9.17, 15) is 20.4 Å².